The van der Waals surface area contributed by atoms with Crippen LogP contribution in [0.5, 0.6) is 5.75 Å². The van der Waals surface area contributed by atoms with E-state index in [9.17, 15) is 9.18 Å². The fraction of sp³-hybridized carbons (Fsp3) is 0.0667. The van der Waals surface area contributed by atoms with E-state index in [4.69, 9.17) is 28.6 Å². The number of benzene rings is 2. The minimum atomic E-state index is -0.534. The molecule has 3 N–H and O–H groups in total. The molecule has 120 valence electrons. The van der Waals surface area contributed by atoms with Crippen molar-refractivity contribution < 1.29 is 13.9 Å². The Labute approximate surface area is 142 Å². The Morgan fingerprint density at radius 2 is 1.83 bits per heavy atom. The molecule has 0 aromatic heterocycles. The number of hydrogen-bond donors (Lipinski definition) is 3. The molecule has 0 aliphatic heterocycles. The molecule has 0 spiro atoms. The zero-order valence-corrected chi connectivity index (χ0v) is 13.4. The molecule has 23 heavy (non-hydrogen) atoms. The largest absolute Gasteiger partial charge is 0.481 e. The highest BCUT2D eigenvalue weighted by molar-refractivity contribution is 7.80. The Balaban J connectivity index is 1.72. The van der Waals surface area contributed by atoms with Crippen LogP contribution in [0.1, 0.15) is 0 Å². The number of nitrogens with one attached hydrogen (secondary N) is 3. The van der Waals surface area contributed by atoms with Gasteiger partial charge >= 0.3 is 0 Å². The molecule has 5 nitrogen and oxygen atoms in total. The van der Waals surface area contributed by atoms with Crippen molar-refractivity contribution in [1.82, 2.24) is 10.9 Å². The van der Waals surface area contributed by atoms with Crippen LogP contribution in [-0.4, -0.2) is 17.6 Å². The number of para-hydroxylation sites is 1. The first-order valence-corrected chi connectivity index (χ1v) is 7.32. The van der Waals surface area contributed by atoms with E-state index in [-0.39, 0.29) is 17.5 Å². The third-order valence-electron chi connectivity index (χ3n) is 2.61. The highest BCUT2D eigenvalue weighted by Crippen LogP contribution is 2.15. The van der Waals surface area contributed by atoms with Crippen LogP contribution >= 0.6 is 23.8 Å². The molecule has 0 heterocycles. The number of amides is 1. The monoisotopic (exact) mass is 353 g/mol. The lowest BCUT2D eigenvalue weighted by Crippen LogP contribution is -2.45. The predicted molar refractivity (Wildman–Crippen MR) is 90.8 cm³/mol. The van der Waals surface area contributed by atoms with Crippen molar-refractivity contribution in [3.63, 3.8) is 0 Å². The fourth-order valence-electron chi connectivity index (χ4n) is 1.56. The number of ether oxygens (including phenoxy) is 1. The molecule has 2 rings (SSSR count). The Morgan fingerprint density at radius 3 is 2.52 bits per heavy atom. The fourth-order valence-corrected chi connectivity index (χ4v) is 1.86. The summed E-state index contributed by atoms with van der Waals surface area (Å²) in [7, 11) is 0. The van der Waals surface area contributed by atoms with Crippen molar-refractivity contribution >= 4 is 40.5 Å². The average molecular weight is 354 g/mol. The van der Waals surface area contributed by atoms with Gasteiger partial charge in [-0.15, -0.1) is 0 Å². The van der Waals surface area contributed by atoms with Crippen molar-refractivity contribution in [2.45, 2.75) is 0 Å². The Bertz CT molecular complexity index is 697. The number of carbonyl (C=O) groups excluding carboxylic acids is 1. The van der Waals surface area contributed by atoms with Gasteiger partial charge in [-0.25, -0.2) is 4.39 Å². The van der Waals surface area contributed by atoms with Crippen LogP contribution in [0.2, 0.25) is 5.02 Å². The van der Waals surface area contributed by atoms with Crippen LogP contribution in [0.25, 0.3) is 0 Å². The maximum atomic E-state index is 13.3. The van der Waals surface area contributed by atoms with Crippen molar-refractivity contribution in [3.05, 3.63) is 59.4 Å². The van der Waals surface area contributed by atoms with Crippen molar-refractivity contribution in [2.24, 2.45) is 0 Å². The van der Waals surface area contributed by atoms with Crippen LogP contribution in [0.15, 0.2) is 48.5 Å². The molecule has 0 bridgehead atoms. The summed E-state index contributed by atoms with van der Waals surface area (Å²) >= 11 is 10.8. The standard InChI is InChI=1S/C15H13ClFN3O2S/c16-10-5-7-11(8-6-10)18-15(23)20-19-14(21)9-22-13-4-2-1-3-12(13)17/h1-8H,9H2,(H,19,21)(H2,18,20,23). The van der Waals surface area contributed by atoms with Crippen LogP contribution < -0.4 is 20.9 Å². The zero-order chi connectivity index (χ0) is 16.7. The molecule has 2 aromatic carbocycles. The number of hydrogen-bond acceptors (Lipinski definition) is 3. The topological polar surface area (TPSA) is 62.4 Å². The summed E-state index contributed by atoms with van der Waals surface area (Å²) in [6, 6.07) is 12.7. The van der Waals surface area contributed by atoms with Gasteiger partial charge in [0, 0.05) is 10.7 Å². The van der Waals surface area contributed by atoms with Gasteiger partial charge in [-0.3, -0.25) is 15.6 Å². The van der Waals surface area contributed by atoms with Gasteiger partial charge in [0.2, 0.25) is 0 Å². The van der Waals surface area contributed by atoms with Gasteiger partial charge in [0.1, 0.15) is 0 Å². The summed E-state index contributed by atoms with van der Waals surface area (Å²) in [5.41, 5.74) is 5.56. The minimum Gasteiger partial charge on any atom is -0.481 e. The summed E-state index contributed by atoms with van der Waals surface area (Å²) in [5.74, 6) is -1.04. The zero-order valence-electron chi connectivity index (χ0n) is 11.8. The van der Waals surface area contributed by atoms with Gasteiger partial charge in [-0.1, -0.05) is 23.7 Å². The molecule has 0 saturated carbocycles. The molecule has 0 atom stereocenters. The maximum absolute atomic E-state index is 13.3. The van der Waals surface area contributed by atoms with Crippen molar-refractivity contribution in [1.29, 1.82) is 0 Å². The van der Waals surface area contributed by atoms with Gasteiger partial charge < -0.3 is 10.1 Å². The highest BCUT2D eigenvalue weighted by Gasteiger charge is 2.06. The molecule has 0 aliphatic rings. The van der Waals surface area contributed by atoms with Crippen molar-refractivity contribution in [3.8, 4) is 5.75 Å². The van der Waals surface area contributed by atoms with E-state index >= 15 is 0 Å². The molecule has 2 aromatic rings. The van der Waals surface area contributed by atoms with Gasteiger partial charge in [0.05, 0.1) is 0 Å². The Hall–Kier alpha value is -2.38. The van der Waals surface area contributed by atoms with Crippen molar-refractivity contribution in [2.75, 3.05) is 11.9 Å². The van der Waals surface area contributed by atoms with E-state index in [1.54, 1.807) is 30.3 Å². The van der Waals surface area contributed by atoms with Gasteiger partial charge in [-0.2, -0.15) is 0 Å². The SMILES string of the molecule is O=C(COc1ccccc1F)NNC(=S)Nc1ccc(Cl)cc1. The molecule has 0 saturated heterocycles. The summed E-state index contributed by atoms with van der Waals surface area (Å²) < 4.78 is 18.4. The van der Waals surface area contributed by atoms with E-state index in [2.05, 4.69) is 16.2 Å². The molecule has 0 fully saturated rings. The highest BCUT2D eigenvalue weighted by atomic mass is 35.5. The van der Waals surface area contributed by atoms with Gasteiger partial charge in [-0.05, 0) is 48.6 Å². The second kappa shape index (κ2) is 8.30. The third kappa shape index (κ3) is 5.72. The van der Waals surface area contributed by atoms with Crippen LogP contribution in [0.4, 0.5) is 10.1 Å². The maximum Gasteiger partial charge on any atom is 0.276 e. The summed E-state index contributed by atoms with van der Waals surface area (Å²) in [4.78, 5) is 11.6. The van der Waals surface area contributed by atoms with E-state index in [0.29, 0.717) is 10.7 Å². The number of carbonyl (C=O) groups is 1. The molecule has 8 heteroatoms. The molecule has 1 amide bonds. The van der Waals surface area contributed by atoms with Crippen LogP contribution in [-0.2, 0) is 4.79 Å². The first-order valence-electron chi connectivity index (χ1n) is 6.53. The molecule has 0 aliphatic carbocycles. The summed E-state index contributed by atoms with van der Waals surface area (Å²) in [5, 5.41) is 3.64. The second-order valence-electron chi connectivity index (χ2n) is 4.35. The Morgan fingerprint density at radius 1 is 1.13 bits per heavy atom. The number of anilines is 1. The molecule has 0 unspecified atom stereocenters. The molecular weight excluding hydrogens is 341 g/mol. The van der Waals surface area contributed by atoms with Gasteiger partial charge in [0.25, 0.3) is 5.91 Å². The smallest absolute Gasteiger partial charge is 0.276 e. The molecular formula is C15H13ClFN3O2S. The van der Waals surface area contributed by atoms with E-state index in [0.717, 1.165) is 0 Å². The third-order valence-corrected chi connectivity index (χ3v) is 3.07. The minimum absolute atomic E-state index is 0.00418. The average Bonchev–Trinajstić information content (AvgIpc) is 2.54. The van der Waals surface area contributed by atoms with E-state index in [1.165, 1.54) is 18.2 Å². The van der Waals surface area contributed by atoms with Crippen LogP contribution in [0.3, 0.4) is 0 Å². The number of halogens is 2. The predicted octanol–water partition coefficient (Wildman–Crippen LogP) is 2.88. The lowest BCUT2D eigenvalue weighted by Gasteiger charge is -2.12. The number of thiocarbonyl (C=S) groups is 1. The number of hydrazine groups is 1. The second-order valence-corrected chi connectivity index (χ2v) is 5.20. The lowest BCUT2D eigenvalue weighted by atomic mass is 10.3. The first kappa shape index (κ1) is 17.0. The Kier molecular flexibility index (Phi) is 6.13. The van der Waals surface area contributed by atoms with Gasteiger partial charge in [0.15, 0.2) is 23.3 Å². The lowest BCUT2D eigenvalue weighted by molar-refractivity contribution is -0.123. The number of rotatable bonds is 4. The summed E-state index contributed by atoms with van der Waals surface area (Å²) in [6.07, 6.45) is 0. The normalized spacial score (nSPS) is 9.83. The van der Waals surface area contributed by atoms with E-state index < -0.39 is 11.7 Å². The van der Waals surface area contributed by atoms with Crippen LogP contribution in [0, 0.1) is 5.82 Å². The van der Waals surface area contributed by atoms with E-state index in [1.807, 2.05) is 0 Å². The molecule has 0 radical (unpaired) electrons. The quantitative estimate of drug-likeness (QED) is 0.583. The summed E-state index contributed by atoms with van der Waals surface area (Å²) in [6.45, 7) is -0.350. The first-order chi connectivity index (χ1) is 11.0.